The summed E-state index contributed by atoms with van der Waals surface area (Å²) in [5.74, 6) is 0.534. The predicted molar refractivity (Wildman–Crippen MR) is 125 cm³/mol. The number of hydrogen-bond acceptors (Lipinski definition) is 4. The molecular formula is C27H24N4O. The van der Waals surface area contributed by atoms with Crippen LogP contribution in [0, 0.1) is 18.3 Å². The highest BCUT2D eigenvalue weighted by Crippen LogP contribution is 2.48. The van der Waals surface area contributed by atoms with Crippen molar-refractivity contribution in [3.05, 3.63) is 94.5 Å². The Balaban J connectivity index is 1.77. The number of nitrogens with one attached hydrogen (secondary N) is 1. The summed E-state index contributed by atoms with van der Waals surface area (Å²) < 4.78 is 0. The number of carbonyl (C=O) groups excluding carboxylic acids is 1. The van der Waals surface area contributed by atoms with Gasteiger partial charge in [0.25, 0.3) is 0 Å². The minimum atomic E-state index is -0.333. The number of aromatic nitrogens is 2. The lowest BCUT2D eigenvalue weighted by atomic mass is 9.75. The molecule has 0 fully saturated rings. The number of nitriles is 1. The number of hydrogen-bond donors (Lipinski definition) is 1. The molecule has 0 bridgehead atoms. The number of carbonyl (C=O) groups is 1. The SMILES string of the molecule is CC1=C(C#N)C(c2ccccc2)C2=C(CCCC2=O)N1c1n[nH]c(C)c1-c1ccccc1. The van der Waals surface area contributed by atoms with Crippen molar-refractivity contribution in [2.75, 3.05) is 4.90 Å². The average molecular weight is 421 g/mol. The number of H-pyrrole nitrogens is 1. The van der Waals surface area contributed by atoms with E-state index in [0.29, 0.717) is 12.0 Å². The summed E-state index contributed by atoms with van der Waals surface area (Å²) >= 11 is 0. The van der Waals surface area contributed by atoms with Gasteiger partial charge in [-0.2, -0.15) is 10.4 Å². The molecule has 3 aromatic rings. The van der Waals surface area contributed by atoms with Crippen LogP contribution in [0.25, 0.3) is 11.1 Å². The molecule has 158 valence electrons. The van der Waals surface area contributed by atoms with E-state index in [1.54, 1.807) is 0 Å². The first kappa shape index (κ1) is 20.0. The number of nitrogens with zero attached hydrogens (tertiary/aromatic N) is 3. The molecule has 5 heteroatoms. The van der Waals surface area contributed by atoms with Gasteiger partial charge in [0.1, 0.15) is 0 Å². The highest BCUT2D eigenvalue weighted by Gasteiger charge is 2.40. The summed E-state index contributed by atoms with van der Waals surface area (Å²) in [5.41, 5.74) is 7.11. The highest BCUT2D eigenvalue weighted by atomic mass is 16.1. The van der Waals surface area contributed by atoms with Gasteiger partial charge in [-0.15, -0.1) is 0 Å². The molecular weight excluding hydrogens is 396 g/mol. The number of allylic oxidation sites excluding steroid dienone is 4. The Morgan fingerprint density at radius 1 is 1.03 bits per heavy atom. The highest BCUT2D eigenvalue weighted by molar-refractivity contribution is 6.01. The number of aryl methyl sites for hydroxylation is 1. The minimum absolute atomic E-state index is 0.124. The molecule has 2 aromatic carbocycles. The zero-order chi connectivity index (χ0) is 22.2. The second-order valence-electron chi connectivity index (χ2n) is 8.34. The quantitative estimate of drug-likeness (QED) is 0.582. The first-order valence-corrected chi connectivity index (χ1v) is 10.9. The van der Waals surface area contributed by atoms with Crippen LogP contribution in [0.15, 0.2) is 83.2 Å². The lowest BCUT2D eigenvalue weighted by Gasteiger charge is -2.39. The van der Waals surface area contributed by atoms with Gasteiger partial charge in [0.15, 0.2) is 11.6 Å². The minimum Gasteiger partial charge on any atom is -0.299 e. The Hall–Kier alpha value is -3.91. The van der Waals surface area contributed by atoms with Crippen LogP contribution < -0.4 is 4.90 Å². The molecule has 1 unspecified atom stereocenters. The average Bonchev–Trinajstić information content (AvgIpc) is 3.20. The van der Waals surface area contributed by atoms with Crippen molar-refractivity contribution in [3.8, 4) is 17.2 Å². The van der Waals surface area contributed by atoms with Crippen LogP contribution >= 0.6 is 0 Å². The van der Waals surface area contributed by atoms with E-state index in [0.717, 1.165) is 58.0 Å². The molecule has 5 rings (SSSR count). The molecule has 0 saturated carbocycles. The zero-order valence-electron chi connectivity index (χ0n) is 18.2. The lowest BCUT2D eigenvalue weighted by molar-refractivity contribution is -0.116. The van der Waals surface area contributed by atoms with Crippen molar-refractivity contribution in [3.63, 3.8) is 0 Å². The summed E-state index contributed by atoms with van der Waals surface area (Å²) in [6, 6.07) is 22.4. The molecule has 0 spiro atoms. The van der Waals surface area contributed by atoms with Gasteiger partial charge in [-0.3, -0.25) is 14.8 Å². The van der Waals surface area contributed by atoms with Gasteiger partial charge >= 0.3 is 0 Å². The largest absolute Gasteiger partial charge is 0.299 e. The van der Waals surface area contributed by atoms with E-state index in [1.807, 2.05) is 62.4 Å². The molecule has 0 radical (unpaired) electrons. The Bertz CT molecular complexity index is 1290. The number of Topliss-reactive ketones (excluding diaryl/α,β-unsaturated/α-hetero) is 1. The standard InChI is InChI=1S/C27H24N4O/c1-17-24(19-10-5-3-6-11-19)27(30-29-17)31-18(2)21(16-28)25(20-12-7-4-8-13-20)26-22(31)14-9-15-23(26)32/h3-8,10-13,25H,9,14-15H2,1-2H3,(H,29,30). The molecule has 1 aliphatic carbocycles. The van der Waals surface area contributed by atoms with E-state index < -0.39 is 0 Å². The van der Waals surface area contributed by atoms with E-state index in [9.17, 15) is 10.1 Å². The van der Waals surface area contributed by atoms with Gasteiger partial charge in [0.05, 0.1) is 17.6 Å². The van der Waals surface area contributed by atoms with Crippen LogP contribution in [0.5, 0.6) is 0 Å². The van der Waals surface area contributed by atoms with E-state index in [1.165, 1.54) is 0 Å². The molecule has 1 N–H and O–H groups in total. The van der Waals surface area contributed by atoms with Gasteiger partial charge in [-0.25, -0.2) is 0 Å². The fourth-order valence-corrected chi connectivity index (χ4v) is 5.02. The van der Waals surface area contributed by atoms with Crippen molar-refractivity contribution in [2.45, 2.75) is 39.0 Å². The van der Waals surface area contributed by atoms with Gasteiger partial charge in [-0.1, -0.05) is 60.7 Å². The summed E-state index contributed by atoms with van der Waals surface area (Å²) in [4.78, 5) is 15.3. The number of benzene rings is 2. The van der Waals surface area contributed by atoms with Crippen LogP contribution in [0.1, 0.15) is 43.4 Å². The van der Waals surface area contributed by atoms with Crippen LogP contribution in [0.3, 0.4) is 0 Å². The van der Waals surface area contributed by atoms with Crippen molar-refractivity contribution in [1.82, 2.24) is 10.2 Å². The van der Waals surface area contributed by atoms with E-state index in [-0.39, 0.29) is 11.7 Å². The number of anilines is 1. The summed E-state index contributed by atoms with van der Waals surface area (Å²) in [7, 11) is 0. The van der Waals surface area contributed by atoms with E-state index in [2.05, 4.69) is 33.3 Å². The fourth-order valence-electron chi connectivity index (χ4n) is 5.02. The maximum Gasteiger partial charge on any atom is 0.167 e. The second kappa shape index (κ2) is 7.97. The Morgan fingerprint density at radius 3 is 2.41 bits per heavy atom. The maximum atomic E-state index is 13.3. The summed E-state index contributed by atoms with van der Waals surface area (Å²) in [6.07, 6.45) is 2.09. The predicted octanol–water partition coefficient (Wildman–Crippen LogP) is 5.79. The topological polar surface area (TPSA) is 72.8 Å². The van der Waals surface area contributed by atoms with E-state index >= 15 is 0 Å². The normalized spacial score (nSPS) is 18.6. The van der Waals surface area contributed by atoms with Crippen molar-refractivity contribution >= 4 is 11.6 Å². The summed E-state index contributed by atoms with van der Waals surface area (Å²) in [6.45, 7) is 3.97. The van der Waals surface area contributed by atoms with Crippen molar-refractivity contribution in [1.29, 1.82) is 5.26 Å². The number of ketones is 1. The van der Waals surface area contributed by atoms with Gasteiger partial charge < -0.3 is 0 Å². The molecule has 0 amide bonds. The molecule has 1 atom stereocenters. The zero-order valence-corrected chi connectivity index (χ0v) is 18.2. The van der Waals surface area contributed by atoms with Crippen LogP contribution in [0.4, 0.5) is 5.82 Å². The molecule has 5 nitrogen and oxygen atoms in total. The second-order valence-corrected chi connectivity index (χ2v) is 8.34. The van der Waals surface area contributed by atoms with Gasteiger partial charge in [-0.05, 0) is 37.8 Å². The first-order valence-electron chi connectivity index (χ1n) is 10.9. The Morgan fingerprint density at radius 2 is 1.72 bits per heavy atom. The van der Waals surface area contributed by atoms with Gasteiger partial charge in [0.2, 0.25) is 0 Å². The lowest BCUT2D eigenvalue weighted by Crippen LogP contribution is -2.35. The fraction of sp³-hybridized carbons (Fsp3) is 0.222. The monoisotopic (exact) mass is 420 g/mol. The van der Waals surface area contributed by atoms with Crippen LogP contribution in [0.2, 0.25) is 0 Å². The Labute approximate surface area is 187 Å². The third kappa shape index (κ3) is 3.07. The summed E-state index contributed by atoms with van der Waals surface area (Å²) in [5, 5.41) is 18.0. The Kier molecular flexibility index (Phi) is 4.99. The molecule has 2 heterocycles. The third-order valence-electron chi connectivity index (χ3n) is 6.46. The number of rotatable bonds is 3. The van der Waals surface area contributed by atoms with Crippen LogP contribution in [-0.2, 0) is 4.79 Å². The van der Waals surface area contributed by atoms with Crippen molar-refractivity contribution < 1.29 is 4.79 Å². The molecule has 2 aliphatic rings. The molecule has 1 aromatic heterocycles. The molecule has 0 saturated heterocycles. The maximum absolute atomic E-state index is 13.3. The third-order valence-corrected chi connectivity index (χ3v) is 6.46. The molecule has 32 heavy (non-hydrogen) atoms. The first-order chi connectivity index (χ1) is 15.6. The van der Waals surface area contributed by atoms with Crippen molar-refractivity contribution in [2.24, 2.45) is 0 Å². The molecule has 1 aliphatic heterocycles. The van der Waals surface area contributed by atoms with Gasteiger partial charge in [0, 0.05) is 34.6 Å². The van der Waals surface area contributed by atoms with Crippen LogP contribution in [-0.4, -0.2) is 16.0 Å². The smallest absolute Gasteiger partial charge is 0.167 e. The van der Waals surface area contributed by atoms with E-state index in [4.69, 9.17) is 0 Å². The number of aromatic amines is 1.